The third-order valence-electron chi connectivity index (χ3n) is 5.35. The van der Waals surface area contributed by atoms with Crippen LogP contribution in [0.4, 0.5) is 10.8 Å². The third kappa shape index (κ3) is 2.91. The Kier molecular flexibility index (Phi) is 4.53. The van der Waals surface area contributed by atoms with Gasteiger partial charge in [0.15, 0.2) is 16.2 Å². The van der Waals surface area contributed by atoms with Gasteiger partial charge in [-0.25, -0.2) is 14.8 Å². The number of rotatable bonds is 4. The van der Waals surface area contributed by atoms with Crippen molar-refractivity contribution in [2.75, 3.05) is 9.91 Å². The van der Waals surface area contributed by atoms with Crippen molar-refractivity contribution in [3.05, 3.63) is 48.5 Å². The van der Waals surface area contributed by atoms with Gasteiger partial charge in [-0.1, -0.05) is 23.5 Å². The van der Waals surface area contributed by atoms with E-state index in [0.29, 0.717) is 10.6 Å². The number of para-hydroxylation sites is 1. The number of carbonyl (C=O) groups is 2. The number of β-lactam (4-membered cyclic amide) rings is 1. The predicted molar refractivity (Wildman–Crippen MR) is 118 cm³/mol. The van der Waals surface area contributed by atoms with Crippen LogP contribution in [-0.4, -0.2) is 51.7 Å². The Bertz CT molecular complexity index is 1390. The lowest BCUT2D eigenvalue weighted by atomic mass is 9.87. The first-order chi connectivity index (χ1) is 15.1. The van der Waals surface area contributed by atoms with Gasteiger partial charge < -0.3 is 5.11 Å². The van der Waals surface area contributed by atoms with Crippen LogP contribution < -0.4 is 9.91 Å². The number of fused-ring (bicyclic) bond motifs is 1. The number of benzene rings is 2. The van der Waals surface area contributed by atoms with Crippen molar-refractivity contribution in [1.29, 1.82) is 0 Å². The van der Waals surface area contributed by atoms with E-state index in [2.05, 4.69) is 10.1 Å². The first-order valence-electron chi connectivity index (χ1n) is 9.15. The Morgan fingerprint density at radius 2 is 1.88 bits per heavy atom. The summed E-state index contributed by atoms with van der Waals surface area (Å²) in [6, 6.07) is 12.3. The summed E-state index contributed by atoms with van der Waals surface area (Å²) in [4.78, 5) is 30.1. The van der Waals surface area contributed by atoms with E-state index >= 15 is 0 Å². The number of carboxylic acid groups (broad SMARTS) is 1. The van der Waals surface area contributed by atoms with Crippen molar-refractivity contribution in [3.63, 3.8) is 0 Å². The summed E-state index contributed by atoms with van der Waals surface area (Å²) in [5.41, 5.74) is -0.624. The summed E-state index contributed by atoms with van der Waals surface area (Å²) < 4.78 is 32.8. The molecule has 0 saturated carbocycles. The second-order valence-corrected chi connectivity index (χ2v) is 10.1. The van der Waals surface area contributed by atoms with Crippen molar-refractivity contribution >= 4 is 71.7 Å². The highest BCUT2D eigenvalue weighted by molar-refractivity contribution is 7.85. The maximum absolute atomic E-state index is 12.9. The van der Waals surface area contributed by atoms with Gasteiger partial charge in [-0.05, 0) is 36.4 Å². The number of amides is 1. The van der Waals surface area contributed by atoms with E-state index in [1.807, 2.05) is 18.2 Å². The minimum Gasteiger partial charge on any atom is -0.477 e. The molecule has 2 aliphatic rings. The van der Waals surface area contributed by atoms with Gasteiger partial charge in [0.1, 0.15) is 5.71 Å². The molecule has 0 radical (unpaired) electrons. The maximum atomic E-state index is 12.9. The van der Waals surface area contributed by atoms with E-state index < -0.39 is 33.0 Å². The summed E-state index contributed by atoms with van der Waals surface area (Å²) >= 11 is 7.72. The lowest BCUT2D eigenvalue weighted by molar-refractivity contribution is -0.130. The summed E-state index contributed by atoms with van der Waals surface area (Å²) in [5.74, 6) is -1.72. The largest absolute Gasteiger partial charge is 0.477 e. The van der Waals surface area contributed by atoms with E-state index in [4.69, 9.17) is 11.6 Å². The Labute approximate surface area is 190 Å². The zero-order chi connectivity index (χ0) is 22.8. The fourth-order valence-corrected chi connectivity index (χ4v) is 5.75. The van der Waals surface area contributed by atoms with Crippen molar-refractivity contribution in [2.24, 2.45) is 5.10 Å². The number of anilines is 2. The van der Waals surface area contributed by atoms with E-state index in [-0.39, 0.29) is 22.7 Å². The van der Waals surface area contributed by atoms with Crippen LogP contribution >= 0.6 is 22.9 Å². The van der Waals surface area contributed by atoms with Crippen LogP contribution in [0.1, 0.15) is 6.42 Å². The first-order valence-corrected chi connectivity index (χ1v) is 11.8. The molecule has 164 valence electrons. The van der Waals surface area contributed by atoms with Crippen molar-refractivity contribution in [2.45, 2.75) is 22.4 Å². The first kappa shape index (κ1) is 20.8. The number of halogens is 1. The second-order valence-electron chi connectivity index (χ2n) is 7.19. The minimum absolute atomic E-state index is 0.168. The van der Waals surface area contributed by atoms with Crippen LogP contribution in [0.15, 0.2) is 58.5 Å². The fraction of sp³-hybridized carbons (Fsp3) is 0.158. The Morgan fingerprint density at radius 3 is 2.50 bits per heavy atom. The molecule has 13 heteroatoms. The molecular formula is C19H13ClN4O6S2. The third-order valence-corrected chi connectivity index (χ3v) is 7.77. The van der Waals surface area contributed by atoms with Crippen molar-refractivity contribution < 1.29 is 27.7 Å². The standard InChI is InChI=1S/C19H13ClN4O6S2/c20-15-16(25)23(18-21-12-3-1-2-4-14(12)31-18)19(15)9-13(17(26)27)22-24(19)10-5-7-11(8-6-10)32(28,29)30/h1-8,15H,9H2,(H,26,27)(H,28,29,30). The predicted octanol–water partition coefficient (Wildman–Crippen LogP) is 2.54. The molecule has 0 aliphatic carbocycles. The van der Waals surface area contributed by atoms with Gasteiger partial charge in [-0.2, -0.15) is 13.5 Å². The highest BCUT2D eigenvalue weighted by atomic mass is 35.5. The number of hydrogen-bond acceptors (Lipinski definition) is 8. The van der Waals surface area contributed by atoms with Crippen LogP contribution in [0.3, 0.4) is 0 Å². The summed E-state index contributed by atoms with van der Waals surface area (Å²) in [7, 11) is -4.42. The van der Waals surface area contributed by atoms with Crippen LogP contribution in [0.25, 0.3) is 10.2 Å². The van der Waals surface area contributed by atoms with Crippen molar-refractivity contribution in [1.82, 2.24) is 4.98 Å². The molecule has 0 bridgehead atoms. The van der Waals surface area contributed by atoms with Gasteiger partial charge in [0.2, 0.25) is 0 Å². The average molecular weight is 493 g/mol. The second kappa shape index (κ2) is 6.97. The van der Waals surface area contributed by atoms with E-state index in [1.54, 1.807) is 6.07 Å². The van der Waals surface area contributed by atoms with Gasteiger partial charge in [0.05, 0.1) is 20.8 Å². The quantitative estimate of drug-likeness (QED) is 0.321. The van der Waals surface area contributed by atoms with Gasteiger partial charge in [0, 0.05) is 6.42 Å². The highest BCUT2D eigenvalue weighted by Gasteiger charge is 2.68. The van der Waals surface area contributed by atoms with E-state index in [0.717, 1.165) is 16.8 Å². The summed E-state index contributed by atoms with van der Waals surface area (Å²) in [5, 5.41) is 14.3. The Hall–Kier alpha value is -3.06. The number of hydrogen-bond donors (Lipinski definition) is 2. The number of carbonyl (C=O) groups excluding carboxylic acids is 1. The highest BCUT2D eigenvalue weighted by Crippen LogP contribution is 2.51. The van der Waals surface area contributed by atoms with Gasteiger partial charge in [-0.3, -0.25) is 14.2 Å². The normalized spacial score (nSPS) is 23.0. The number of aliphatic carboxylic acids is 1. The summed E-state index contributed by atoms with van der Waals surface area (Å²) in [6.45, 7) is 0. The van der Waals surface area contributed by atoms with Crippen LogP contribution in [-0.2, 0) is 19.7 Å². The molecule has 32 heavy (non-hydrogen) atoms. The zero-order valence-electron chi connectivity index (χ0n) is 15.9. The monoisotopic (exact) mass is 492 g/mol. The smallest absolute Gasteiger partial charge is 0.352 e. The number of nitrogens with zero attached hydrogens (tertiary/aromatic N) is 4. The SMILES string of the molecule is O=C(O)C1=NN(c2ccc(S(=O)(=O)O)cc2)C2(C1)C(Cl)C(=O)N2c1nc2ccccc2s1. The van der Waals surface area contributed by atoms with E-state index in [9.17, 15) is 27.7 Å². The number of carboxylic acids is 1. The molecular weight excluding hydrogens is 480 g/mol. The molecule has 3 aromatic rings. The minimum atomic E-state index is -4.42. The Balaban J connectivity index is 1.64. The number of hydrazone groups is 1. The zero-order valence-corrected chi connectivity index (χ0v) is 18.3. The lowest BCUT2D eigenvalue weighted by Gasteiger charge is -2.54. The molecule has 3 heterocycles. The van der Waals surface area contributed by atoms with Crippen LogP contribution in [0, 0.1) is 0 Å². The fourth-order valence-electron chi connectivity index (χ4n) is 3.86. The molecule has 1 spiro atoms. The maximum Gasteiger partial charge on any atom is 0.352 e. The van der Waals surface area contributed by atoms with Gasteiger partial charge in [-0.15, -0.1) is 11.6 Å². The molecule has 2 unspecified atom stereocenters. The summed E-state index contributed by atoms with van der Waals surface area (Å²) in [6.07, 6.45) is -0.168. The molecule has 1 aromatic heterocycles. The molecule has 2 atom stereocenters. The molecule has 1 amide bonds. The number of aromatic nitrogens is 1. The Morgan fingerprint density at radius 1 is 1.19 bits per heavy atom. The molecule has 2 aromatic carbocycles. The van der Waals surface area contributed by atoms with Crippen molar-refractivity contribution in [3.8, 4) is 0 Å². The molecule has 2 N–H and O–H groups in total. The van der Waals surface area contributed by atoms with Gasteiger partial charge >= 0.3 is 5.97 Å². The number of alkyl halides is 1. The van der Waals surface area contributed by atoms with Crippen LogP contribution in [0.2, 0.25) is 0 Å². The lowest BCUT2D eigenvalue weighted by Crippen LogP contribution is -2.78. The topological polar surface area (TPSA) is 140 Å². The number of thiazole rings is 1. The average Bonchev–Trinajstić information content (AvgIpc) is 3.36. The van der Waals surface area contributed by atoms with Gasteiger partial charge in [0.25, 0.3) is 16.0 Å². The molecule has 1 saturated heterocycles. The molecule has 5 rings (SSSR count). The van der Waals surface area contributed by atoms with Crippen LogP contribution in [0.5, 0.6) is 0 Å². The molecule has 2 aliphatic heterocycles. The molecule has 1 fully saturated rings. The van der Waals surface area contributed by atoms with E-state index in [1.165, 1.54) is 33.4 Å². The molecule has 10 nitrogen and oxygen atoms in total.